The molecule has 0 aromatic heterocycles. The number of rotatable bonds is 6. The molecule has 0 radical (unpaired) electrons. The molecule has 148 valence electrons. The summed E-state index contributed by atoms with van der Waals surface area (Å²) in [5.41, 5.74) is 8.01. The molecule has 1 saturated heterocycles. The smallest absolute Gasteiger partial charge is 0.235 e. The topological polar surface area (TPSA) is 75.4 Å². The van der Waals surface area contributed by atoms with Gasteiger partial charge in [-0.2, -0.15) is 0 Å². The second-order valence-electron chi connectivity index (χ2n) is 7.22. The molecule has 0 bridgehead atoms. The van der Waals surface area contributed by atoms with Crippen molar-refractivity contribution in [3.8, 4) is 0 Å². The van der Waals surface area contributed by atoms with E-state index in [1.54, 1.807) is 0 Å². The van der Waals surface area contributed by atoms with Gasteiger partial charge in [0.15, 0.2) is 0 Å². The number of amides is 2. The molecule has 2 aromatic rings. The van der Waals surface area contributed by atoms with Crippen molar-refractivity contribution in [1.29, 1.82) is 0 Å². The van der Waals surface area contributed by atoms with Gasteiger partial charge in [-0.05, 0) is 49.2 Å². The van der Waals surface area contributed by atoms with Crippen molar-refractivity contribution >= 4 is 29.3 Å². The molecule has 3 rings (SSSR count). The minimum absolute atomic E-state index is 0.0968. The fraction of sp³-hybridized carbons (Fsp3) is 0.364. The molecule has 2 amide bonds. The summed E-state index contributed by atoms with van der Waals surface area (Å²) in [4.78, 5) is 27.1. The Labute approximate surface area is 170 Å². The minimum atomic E-state index is -0.181. The van der Waals surface area contributed by atoms with Gasteiger partial charge in [-0.15, -0.1) is 11.8 Å². The maximum Gasteiger partial charge on any atom is 0.235 e. The van der Waals surface area contributed by atoms with Crippen LogP contribution in [0.4, 0.5) is 5.69 Å². The molecular weight excluding hydrogens is 370 g/mol. The van der Waals surface area contributed by atoms with E-state index in [-0.39, 0.29) is 17.1 Å². The molecule has 2 aromatic carbocycles. The van der Waals surface area contributed by atoms with Gasteiger partial charge in [0.1, 0.15) is 0 Å². The van der Waals surface area contributed by atoms with E-state index in [1.807, 2.05) is 54.3 Å². The number of hydrogen-bond acceptors (Lipinski definition) is 4. The van der Waals surface area contributed by atoms with Crippen molar-refractivity contribution in [3.05, 3.63) is 60.2 Å². The Hall–Kier alpha value is -2.31. The van der Waals surface area contributed by atoms with Crippen LogP contribution in [0.3, 0.4) is 0 Å². The van der Waals surface area contributed by atoms with E-state index in [2.05, 4.69) is 17.4 Å². The summed E-state index contributed by atoms with van der Waals surface area (Å²) in [5, 5.41) is 2.57. The predicted molar refractivity (Wildman–Crippen MR) is 114 cm³/mol. The predicted octanol–water partition coefficient (Wildman–Crippen LogP) is 3.33. The summed E-state index contributed by atoms with van der Waals surface area (Å²) in [6, 6.07) is 17.9. The Morgan fingerprint density at radius 3 is 2.43 bits per heavy atom. The van der Waals surface area contributed by atoms with E-state index < -0.39 is 0 Å². The Morgan fingerprint density at radius 2 is 1.82 bits per heavy atom. The van der Waals surface area contributed by atoms with Gasteiger partial charge in [0.05, 0.1) is 5.25 Å². The van der Waals surface area contributed by atoms with Gasteiger partial charge >= 0.3 is 0 Å². The van der Waals surface area contributed by atoms with Crippen molar-refractivity contribution in [2.45, 2.75) is 29.9 Å². The van der Waals surface area contributed by atoms with Gasteiger partial charge in [-0.1, -0.05) is 30.3 Å². The molecule has 3 atom stereocenters. The largest absolute Gasteiger partial charge is 0.341 e. The fourth-order valence-corrected chi connectivity index (χ4v) is 4.65. The third kappa shape index (κ3) is 4.94. The molecule has 3 N–H and O–H groups in total. The number of nitrogens with one attached hydrogen (secondary N) is 1. The fourth-order valence-electron chi connectivity index (χ4n) is 3.70. The van der Waals surface area contributed by atoms with Gasteiger partial charge in [0.25, 0.3) is 0 Å². The van der Waals surface area contributed by atoms with Crippen LogP contribution in [0.25, 0.3) is 0 Å². The molecule has 1 heterocycles. The lowest BCUT2D eigenvalue weighted by Crippen LogP contribution is -2.35. The second-order valence-corrected chi connectivity index (χ2v) is 8.64. The number of nitrogens with zero attached hydrogens (tertiary/aromatic N) is 1. The van der Waals surface area contributed by atoms with Crippen molar-refractivity contribution < 1.29 is 9.59 Å². The van der Waals surface area contributed by atoms with E-state index >= 15 is 0 Å². The molecule has 5 nitrogen and oxygen atoms in total. The van der Waals surface area contributed by atoms with Crippen LogP contribution in [-0.2, 0) is 9.59 Å². The number of nitrogens with two attached hydrogens (primary N) is 1. The number of hydrogen-bond donors (Lipinski definition) is 2. The van der Waals surface area contributed by atoms with Crippen LogP contribution in [-0.4, -0.2) is 41.6 Å². The molecule has 6 heteroatoms. The highest BCUT2D eigenvalue weighted by Crippen LogP contribution is 2.34. The van der Waals surface area contributed by atoms with Crippen LogP contribution in [0.2, 0.25) is 0 Å². The van der Waals surface area contributed by atoms with Gasteiger partial charge < -0.3 is 16.0 Å². The molecule has 1 unspecified atom stereocenters. The molecule has 1 fully saturated rings. The van der Waals surface area contributed by atoms with Crippen LogP contribution in [0.5, 0.6) is 0 Å². The highest BCUT2D eigenvalue weighted by atomic mass is 32.2. The van der Waals surface area contributed by atoms with E-state index in [0.29, 0.717) is 24.9 Å². The summed E-state index contributed by atoms with van der Waals surface area (Å²) in [6.07, 6.45) is 0. The van der Waals surface area contributed by atoms with Crippen LogP contribution in [0, 0.1) is 5.92 Å². The maximum absolute atomic E-state index is 13.0. The quantitative estimate of drug-likeness (QED) is 0.733. The van der Waals surface area contributed by atoms with Crippen molar-refractivity contribution in [1.82, 2.24) is 4.90 Å². The number of carbonyl (C=O) groups is 2. The SMILES string of the molecule is CC(=O)Nc1ccc(SC(C)C(=O)N2C[C@@H](CN)[C@H](c3ccccc3)C2)cc1. The molecule has 1 aliphatic rings. The first-order valence-corrected chi connectivity index (χ1v) is 10.4. The molecule has 0 saturated carbocycles. The first-order valence-electron chi connectivity index (χ1n) is 9.56. The van der Waals surface area contributed by atoms with Crippen LogP contribution < -0.4 is 11.1 Å². The average molecular weight is 398 g/mol. The zero-order valence-corrected chi connectivity index (χ0v) is 17.1. The zero-order valence-electron chi connectivity index (χ0n) is 16.3. The molecule has 28 heavy (non-hydrogen) atoms. The molecule has 0 spiro atoms. The Bertz CT molecular complexity index is 810. The van der Waals surface area contributed by atoms with Crippen molar-refractivity contribution in [2.24, 2.45) is 11.7 Å². The van der Waals surface area contributed by atoms with Gasteiger partial charge in [0, 0.05) is 36.5 Å². The van der Waals surface area contributed by atoms with E-state index in [4.69, 9.17) is 5.73 Å². The molecule has 0 aliphatic carbocycles. The highest BCUT2D eigenvalue weighted by Gasteiger charge is 2.36. The highest BCUT2D eigenvalue weighted by molar-refractivity contribution is 8.00. The van der Waals surface area contributed by atoms with Crippen LogP contribution >= 0.6 is 11.8 Å². The monoisotopic (exact) mass is 397 g/mol. The lowest BCUT2D eigenvalue weighted by Gasteiger charge is -2.21. The number of thioether (sulfide) groups is 1. The van der Waals surface area contributed by atoms with Crippen molar-refractivity contribution in [3.63, 3.8) is 0 Å². The summed E-state index contributed by atoms with van der Waals surface area (Å²) in [6.45, 7) is 5.44. The number of anilines is 1. The summed E-state index contributed by atoms with van der Waals surface area (Å²) in [5.74, 6) is 0.637. The summed E-state index contributed by atoms with van der Waals surface area (Å²) >= 11 is 1.54. The number of likely N-dealkylation sites (tertiary alicyclic amines) is 1. The molecular formula is C22H27N3O2S. The number of carbonyl (C=O) groups excluding carboxylic acids is 2. The van der Waals surface area contributed by atoms with Gasteiger partial charge in [-0.25, -0.2) is 0 Å². The lowest BCUT2D eigenvalue weighted by molar-refractivity contribution is -0.129. The van der Waals surface area contributed by atoms with E-state index in [1.165, 1.54) is 24.2 Å². The lowest BCUT2D eigenvalue weighted by atomic mass is 9.89. The zero-order chi connectivity index (χ0) is 20.1. The summed E-state index contributed by atoms with van der Waals surface area (Å²) < 4.78 is 0. The van der Waals surface area contributed by atoms with Gasteiger partial charge in [0.2, 0.25) is 11.8 Å². The average Bonchev–Trinajstić information content (AvgIpc) is 3.13. The Morgan fingerprint density at radius 1 is 1.14 bits per heavy atom. The normalized spacial score (nSPS) is 20.0. The van der Waals surface area contributed by atoms with E-state index in [9.17, 15) is 9.59 Å². The van der Waals surface area contributed by atoms with Crippen LogP contribution in [0.15, 0.2) is 59.5 Å². The standard InChI is InChI=1S/C22H27N3O2S/c1-15(28-20-10-8-19(9-11-20)24-16(2)26)22(27)25-13-18(12-23)21(14-25)17-6-4-3-5-7-17/h3-11,15,18,21H,12-14,23H2,1-2H3,(H,24,26)/t15?,18-,21+/m1/s1. The minimum Gasteiger partial charge on any atom is -0.341 e. The summed E-state index contributed by atoms with van der Waals surface area (Å²) in [7, 11) is 0. The van der Waals surface area contributed by atoms with E-state index in [0.717, 1.165) is 17.1 Å². The Kier molecular flexibility index (Phi) is 6.75. The van der Waals surface area contributed by atoms with Gasteiger partial charge in [-0.3, -0.25) is 9.59 Å². The third-order valence-electron chi connectivity index (χ3n) is 5.12. The maximum atomic E-state index is 13.0. The van der Waals surface area contributed by atoms with Crippen LogP contribution in [0.1, 0.15) is 25.3 Å². The Balaban J connectivity index is 1.62. The second kappa shape index (κ2) is 9.26. The molecule has 1 aliphatic heterocycles. The first kappa shape index (κ1) is 20.4. The first-order chi connectivity index (χ1) is 13.5. The third-order valence-corrected chi connectivity index (χ3v) is 6.22. The number of benzene rings is 2. The van der Waals surface area contributed by atoms with Crippen molar-refractivity contribution in [2.75, 3.05) is 25.0 Å².